The SMILES string of the molecule is CCOC(=O)c1ccc(N(C)C)c(C(=O)OCC)c1. The van der Waals surface area contributed by atoms with E-state index in [-0.39, 0.29) is 6.61 Å². The van der Waals surface area contributed by atoms with Crippen molar-refractivity contribution >= 4 is 17.6 Å². The summed E-state index contributed by atoms with van der Waals surface area (Å²) < 4.78 is 9.91. The lowest BCUT2D eigenvalue weighted by Gasteiger charge is -2.17. The van der Waals surface area contributed by atoms with Gasteiger partial charge in [-0.05, 0) is 32.0 Å². The number of esters is 2. The zero-order chi connectivity index (χ0) is 14.4. The minimum absolute atomic E-state index is 0.287. The summed E-state index contributed by atoms with van der Waals surface area (Å²) in [6.07, 6.45) is 0. The van der Waals surface area contributed by atoms with Crippen molar-refractivity contribution in [2.75, 3.05) is 32.2 Å². The van der Waals surface area contributed by atoms with Gasteiger partial charge in [0, 0.05) is 14.1 Å². The Kier molecular flexibility index (Phi) is 5.36. The summed E-state index contributed by atoms with van der Waals surface area (Å²) in [5.41, 5.74) is 1.40. The lowest BCUT2D eigenvalue weighted by atomic mass is 10.1. The normalized spacial score (nSPS) is 9.89. The quantitative estimate of drug-likeness (QED) is 0.763. The molecule has 0 aliphatic heterocycles. The average Bonchev–Trinajstić information content (AvgIpc) is 2.38. The maximum atomic E-state index is 11.9. The van der Waals surface area contributed by atoms with Crippen LogP contribution < -0.4 is 4.90 Å². The molecular formula is C14H19NO4. The second kappa shape index (κ2) is 6.78. The molecule has 0 radical (unpaired) electrons. The zero-order valence-electron chi connectivity index (χ0n) is 11.7. The van der Waals surface area contributed by atoms with Crippen molar-refractivity contribution in [3.8, 4) is 0 Å². The van der Waals surface area contributed by atoms with E-state index in [0.717, 1.165) is 0 Å². The monoisotopic (exact) mass is 265 g/mol. The maximum Gasteiger partial charge on any atom is 0.340 e. The van der Waals surface area contributed by atoms with Gasteiger partial charge in [0.15, 0.2) is 0 Å². The molecule has 19 heavy (non-hydrogen) atoms. The van der Waals surface area contributed by atoms with Crippen molar-refractivity contribution in [1.82, 2.24) is 0 Å². The highest BCUT2D eigenvalue weighted by Gasteiger charge is 2.17. The van der Waals surface area contributed by atoms with Gasteiger partial charge < -0.3 is 14.4 Å². The molecule has 0 spiro atoms. The largest absolute Gasteiger partial charge is 0.462 e. The number of anilines is 1. The molecule has 1 aromatic rings. The fourth-order valence-corrected chi connectivity index (χ4v) is 1.64. The average molecular weight is 265 g/mol. The van der Waals surface area contributed by atoms with E-state index in [2.05, 4.69) is 0 Å². The Balaban J connectivity index is 3.18. The molecule has 0 amide bonds. The molecule has 104 valence electrons. The number of benzene rings is 1. The van der Waals surface area contributed by atoms with Crippen molar-refractivity contribution in [2.45, 2.75) is 13.8 Å². The Morgan fingerprint density at radius 2 is 1.63 bits per heavy atom. The lowest BCUT2D eigenvalue weighted by Crippen LogP contribution is -2.17. The highest BCUT2D eigenvalue weighted by Crippen LogP contribution is 2.21. The Labute approximate surface area is 113 Å². The third-order valence-electron chi connectivity index (χ3n) is 2.48. The molecule has 1 aromatic carbocycles. The third-order valence-corrected chi connectivity index (χ3v) is 2.48. The first-order valence-corrected chi connectivity index (χ1v) is 6.16. The van der Waals surface area contributed by atoms with Gasteiger partial charge in [-0.1, -0.05) is 0 Å². The van der Waals surface area contributed by atoms with E-state index in [4.69, 9.17) is 9.47 Å². The Hall–Kier alpha value is -2.04. The van der Waals surface area contributed by atoms with Crippen LogP contribution in [0.15, 0.2) is 18.2 Å². The van der Waals surface area contributed by atoms with Crippen LogP contribution in [0, 0.1) is 0 Å². The van der Waals surface area contributed by atoms with E-state index in [0.29, 0.717) is 23.4 Å². The number of hydrogen-bond acceptors (Lipinski definition) is 5. The first-order chi connectivity index (χ1) is 9.01. The van der Waals surface area contributed by atoms with Crippen LogP contribution in [0.3, 0.4) is 0 Å². The van der Waals surface area contributed by atoms with Crippen molar-refractivity contribution in [3.05, 3.63) is 29.3 Å². The number of hydrogen-bond donors (Lipinski definition) is 0. The van der Waals surface area contributed by atoms with Gasteiger partial charge in [-0.15, -0.1) is 0 Å². The van der Waals surface area contributed by atoms with Gasteiger partial charge in [-0.25, -0.2) is 9.59 Å². The molecular weight excluding hydrogens is 246 g/mol. The van der Waals surface area contributed by atoms with E-state index in [1.807, 2.05) is 14.1 Å². The topological polar surface area (TPSA) is 55.8 Å². The maximum absolute atomic E-state index is 11.9. The van der Waals surface area contributed by atoms with Gasteiger partial charge in [-0.2, -0.15) is 0 Å². The van der Waals surface area contributed by atoms with Crippen LogP contribution in [-0.2, 0) is 9.47 Å². The predicted octanol–water partition coefficient (Wildman–Crippen LogP) is 2.11. The second-order valence-corrected chi connectivity index (χ2v) is 4.07. The molecule has 0 unspecified atom stereocenters. The molecule has 0 saturated heterocycles. The molecule has 5 nitrogen and oxygen atoms in total. The van der Waals surface area contributed by atoms with Gasteiger partial charge in [0.1, 0.15) is 0 Å². The van der Waals surface area contributed by atoms with Crippen LogP contribution in [0.25, 0.3) is 0 Å². The summed E-state index contributed by atoms with van der Waals surface area (Å²) in [6, 6.07) is 4.85. The summed E-state index contributed by atoms with van der Waals surface area (Å²) in [5, 5.41) is 0. The van der Waals surface area contributed by atoms with Crippen LogP contribution in [0.5, 0.6) is 0 Å². The Morgan fingerprint density at radius 1 is 1.05 bits per heavy atom. The molecule has 0 aliphatic rings. The molecule has 1 rings (SSSR count). The first-order valence-electron chi connectivity index (χ1n) is 6.16. The molecule has 0 atom stereocenters. The zero-order valence-corrected chi connectivity index (χ0v) is 11.7. The Bertz CT molecular complexity index is 469. The predicted molar refractivity (Wildman–Crippen MR) is 72.7 cm³/mol. The molecule has 0 aliphatic carbocycles. The fourth-order valence-electron chi connectivity index (χ4n) is 1.64. The molecule has 0 aromatic heterocycles. The van der Waals surface area contributed by atoms with Crippen LogP contribution in [0.4, 0.5) is 5.69 Å². The van der Waals surface area contributed by atoms with E-state index in [1.165, 1.54) is 6.07 Å². The molecule has 0 N–H and O–H groups in total. The van der Waals surface area contributed by atoms with Crippen molar-refractivity contribution in [2.24, 2.45) is 0 Å². The van der Waals surface area contributed by atoms with E-state index in [9.17, 15) is 9.59 Å². The Morgan fingerprint density at radius 3 is 2.16 bits per heavy atom. The van der Waals surface area contributed by atoms with Gasteiger partial charge in [-0.3, -0.25) is 0 Å². The number of carbonyl (C=O) groups is 2. The van der Waals surface area contributed by atoms with Crippen LogP contribution in [0.2, 0.25) is 0 Å². The van der Waals surface area contributed by atoms with Crippen molar-refractivity contribution in [1.29, 1.82) is 0 Å². The molecule has 0 saturated carbocycles. The molecule has 0 fully saturated rings. The standard InChI is InChI=1S/C14H19NO4/c1-5-18-13(16)10-7-8-12(15(3)4)11(9-10)14(17)19-6-2/h7-9H,5-6H2,1-4H3. The highest BCUT2D eigenvalue weighted by atomic mass is 16.5. The van der Waals surface area contributed by atoms with E-state index in [1.54, 1.807) is 30.9 Å². The number of carbonyl (C=O) groups excluding carboxylic acids is 2. The van der Waals surface area contributed by atoms with Gasteiger partial charge in [0.05, 0.1) is 30.0 Å². The summed E-state index contributed by atoms with van der Waals surface area (Å²) in [5.74, 6) is -0.893. The van der Waals surface area contributed by atoms with Gasteiger partial charge in [0.2, 0.25) is 0 Å². The first kappa shape index (κ1) is 15.0. The number of ether oxygens (including phenoxy) is 2. The molecule has 5 heteroatoms. The second-order valence-electron chi connectivity index (χ2n) is 4.07. The fraction of sp³-hybridized carbons (Fsp3) is 0.429. The van der Waals surface area contributed by atoms with E-state index < -0.39 is 11.9 Å². The van der Waals surface area contributed by atoms with Crippen LogP contribution >= 0.6 is 0 Å². The lowest BCUT2D eigenvalue weighted by molar-refractivity contribution is 0.0526. The summed E-state index contributed by atoms with van der Waals surface area (Å²) >= 11 is 0. The van der Waals surface area contributed by atoms with Gasteiger partial charge >= 0.3 is 11.9 Å². The minimum atomic E-state index is -0.447. The summed E-state index contributed by atoms with van der Waals surface area (Å²) in [7, 11) is 3.64. The minimum Gasteiger partial charge on any atom is -0.462 e. The van der Waals surface area contributed by atoms with Crippen molar-refractivity contribution in [3.63, 3.8) is 0 Å². The van der Waals surface area contributed by atoms with Gasteiger partial charge in [0.25, 0.3) is 0 Å². The summed E-state index contributed by atoms with van der Waals surface area (Å²) in [4.78, 5) is 25.4. The molecule has 0 bridgehead atoms. The van der Waals surface area contributed by atoms with E-state index >= 15 is 0 Å². The molecule has 0 heterocycles. The number of nitrogens with zero attached hydrogens (tertiary/aromatic N) is 1. The van der Waals surface area contributed by atoms with Crippen molar-refractivity contribution < 1.29 is 19.1 Å². The van der Waals surface area contributed by atoms with Crippen LogP contribution in [0.1, 0.15) is 34.6 Å². The third kappa shape index (κ3) is 3.71. The summed E-state index contributed by atoms with van der Waals surface area (Å²) in [6.45, 7) is 4.05. The highest BCUT2D eigenvalue weighted by molar-refractivity contribution is 5.99. The number of rotatable bonds is 5. The smallest absolute Gasteiger partial charge is 0.340 e. The van der Waals surface area contributed by atoms with Crippen LogP contribution in [-0.4, -0.2) is 39.2 Å².